The number of carbonyl (C=O) groups is 2. The standard InChI is InChI=1S/C22H34N2O2/c1-21(2,3)15-19(25)23-18-11-13-24(14-12-18)20(26)16-7-9-17(10-8-16)22(4,5)6/h7-10,18H,11-15H2,1-6H3,(H,23,25). The molecule has 26 heavy (non-hydrogen) atoms. The molecule has 0 bridgehead atoms. The number of likely N-dealkylation sites (tertiary alicyclic amines) is 1. The highest BCUT2D eigenvalue weighted by Crippen LogP contribution is 2.23. The van der Waals surface area contributed by atoms with Gasteiger partial charge in [-0.25, -0.2) is 0 Å². The Morgan fingerprint density at radius 3 is 2.00 bits per heavy atom. The summed E-state index contributed by atoms with van der Waals surface area (Å²) < 4.78 is 0. The van der Waals surface area contributed by atoms with Gasteiger partial charge in [0.15, 0.2) is 0 Å². The number of hydrogen-bond donors (Lipinski definition) is 1. The van der Waals surface area contributed by atoms with E-state index in [0.29, 0.717) is 19.5 Å². The molecule has 1 fully saturated rings. The zero-order valence-electron chi connectivity index (χ0n) is 17.2. The smallest absolute Gasteiger partial charge is 0.253 e. The van der Waals surface area contributed by atoms with Gasteiger partial charge in [-0.2, -0.15) is 0 Å². The van der Waals surface area contributed by atoms with Crippen LogP contribution in [0.1, 0.15) is 76.7 Å². The molecule has 0 spiro atoms. The maximum Gasteiger partial charge on any atom is 0.253 e. The summed E-state index contributed by atoms with van der Waals surface area (Å²) in [6, 6.07) is 8.14. The van der Waals surface area contributed by atoms with Crippen molar-refractivity contribution >= 4 is 11.8 Å². The van der Waals surface area contributed by atoms with Crippen LogP contribution < -0.4 is 5.32 Å². The third-order valence-electron chi connectivity index (χ3n) is 4.84. The first-order valence-corrected chi connectivity index (χ1v) is 9.65. The Morgan fingerprint density at radius 2 is 1.54 bits per heavy atom. The van der Waals surface area contributed by atoms with Crippen molar-refractivity contribution in [3.05, 3.63) is 35.4 Å². The molecule has 1 aliphatic rings. The zero-order valence-corrected chi connectivity index (χ0v) is 17.2. The van der Waals surface area contributed by atoms with Crippen molar-refractivity contribution in [2.24, 2.45) is 5.41 Å². The van der Waals surface area contributed by atoms with E-state index < -0.39 is 0 Å². The molecule has 1 aromatic carbocycles. The van der Waals surface area contributed by atoms with Gasteiger partial charge in [-0.3, -0.25) is 9.59 Å². The summed E-state index contributed by atoms with van der Waals surface area (Å²) in [5.41, 5.74) is 2.06. The van der Waals surface area contributed by atoms with Crippen LogP contribution in [-0.2, 0) is 10.2 Å². The summed E-state index contributed by atoms with van der Waals surface area (Å²) in [7, 11) is 0. The molecule has 1 N–H and O–H groups in total. The second kappa shape index (κ2) is 7.81. The molecule has 1 aliphatic heterocycles. The van der Waals surface area contributed by atoms with E-state index in [1.807, 2.05) is 29.2 Å². The molecule has 144 valence electrons. The van der Waals surface area contributed by atoms with Gasteiger partial charge in [0.25, 0.3) is 5.91 Å². The van der Waals surface area contributed by atoms with Crippen LogP contribution in [-0.4, -0.2) is 35.8 Å². The highest BCUT2D eigenvalue weighted by molar-refractivity contribution is 5.94. The van der Waals surface area contributed by atoms with Crippen LogP contribution in [0.3, 0.4) is 0 Å². The van der Waals surface area contributed by atoms with Crippen molar-refractivity contribution in [2.75, 3.05) is 13.1 Å². The lowest BCUT2D eigenvalue weighted by molar-refractivity contribution is -0.123. The monoisotopic (exact) mass is 358 g/mol. The van der Waals surface area contributed by atoms with Gasteiger partial charge in [0.05, 0.1) is 0 Å². The largest absolute Gasteiger partial charge is 0.353 e. The quantitative estimate of drug-likeness (QED) is 0.883. The van der Waals surface area contributed by atoms with E-state index in [9.17, 15) is 9.59 Å². The highest BCUT2D eigenvalue weighted by Gasteiger charge is 2.26. The first kappa shape index (κ1) is 20.5. The van der Waals surface area contributed by atoms with E-state index in [2.05, 4.69) is 46.9 Å². The molecule has 1 saturated heterocycles. The van der Waals surface area contributed by atoms with E-state index in [-0.39, 0.29) is 28.7 Å². The molecule has 0 unspecified atom stereocenters. The Morgan fingerprint density at radius 1 is 1.00 bits per heavy atom. The Balaban J connectivity index is 1.87. The van der Waals surface area contributed by atoms with Gasteiger partial charge in [0, 0.05) is 31.1 Å². The predicted molar refractivity (Wildman–Crippen MR) is 106 cm³/mol. The summed E-state index contributed by atoms with van der Waals surface area (Å²) in [5, 5.41) is 3.12. The van der Waals surface area contributed by atoms with Crippen molar-refractivity contribution in [1.29, 1.82) is 0 Å². The maximum atomic E-state index is 12.7. The summed E-state index contributed by atoms with van der Waals surface area (Å²) >= 11 is 0. The Bertz CT molecular complexity index is 628. The topological polar surface area (TPSA) is 49.4 Å². The van der Waals surface area contributed by atoms with Crippen molar-refractivity contribution < 1.29 is 9.59 Å². The molecule has 2 rings (SSSR count). The summed E-state index contributed by atoms with van der Waals surface area (Å²) in [6.07, 6.45) is 2.18. The number of amides is 2. The minimum absolute atomic E-state index is 0.0000309. The van der Waals surface area contributed by atoms with Crippen LogP contribution in [0.5, 0.6) is 0 Å². The summed E-state index contributed by atoms with van der Waals surface area (Å²) in [6.45, 7) is 14.1. The lowest BCUT2D eigenvalue weighted by Gasteiger charge is -2.33. The number of rotatable bonds is 3. The van der Waals surface area contributed by atoms with Crippen molar-refractivity contribution in [2.45, 2.75) is 72.3 Å². The molecule has 4 nitrogen and oxygen atoms in total. The molecular formula is C22H34N2O2. The molecule has 0 aliphatic carbocycles. The SMILES string of the molecule is CC(C)(C)CC(=O)NC1CCN(C(=O)c2ccc(C(C)(C)C)cc2)CC1. The zero-order chi connectivity index (χ0) is 19.5. The third kappa shape index (κ3) is 5.86. The fourth-order valence-electron chi connectivity index (χ4n) is 3.28. The van der Waals surface area contributed by atoms with Crippen molar-refractivity contribution in [1.82, 2.24) is 10.2 Å². The van der Waals surface area contributed by atoms with Crippen LogP contribution in [0.15, 0.2) is 24.3 Å². The molecule has 0 atom stereocenters. The highest BCUT2D eigenvalue weighted by atomic mass is 16.2. The number of nitrogens with one attached hydrogen (secondary N) is 1. The van der Waals surface area contributed by atoms with Gasteiger partial charge >= 0.3 is 0 Å². The molecular weight excluding hydrogens is 324 g/mol. The van der Waals surface area contributed by atoms with Crippen molar-refractivity contribution in [3.63, 3.8) is 0 Å². The second-order valence-electron chi connectivity index (χ2n) is 9.70. The second-order valence-corrected chi connectivity index (χ2v) is 9.70. The minimum Gasteiger partial charge on any atom is -0.353 e. The average molecular weight is 359 g/mol. The van der Waals surface area contributed by atoms with Gasteiger partial charge in [-0.15, -0.1) is 0 Å². The lowest BCUT2D eigenvalue weighted by Crippen LogP contribution is -2.47. The van der Waals surface area contributed by atoms with Crippen LogP contribution >= 0.6 is 0 Å². The summed E-state index contributed by atoms with van der Waals surface area (Å²) in [4.78, 5) is 26.7. The molecule has 1 heterocycles. The number of nitrogens with zero attached hydrogens (tertiary/aromatic N) is 1. The van der Waals surface area contributed by atoms with Gasteiger partial charge in [-0.05, 0) is 41.4 Å². The van der Waals surface area contributed by atoms with Crippen molar-refractivity contribution in [3.8, 4) is 0 Å². The normalized spacial score (nSPS) is 16.5. The molecule has 0 saturated carbocycles. The van der Waals surface area contributed by atoms with Crippen LogP contribution in [0.2, 0.25) is 0 Å². The molecule has 2 amide bonds. The van der Waals surface area contributed by atoms with Crippen LogP contribution in [0.4, 0.5) is 0 Å². The Hall–Kier alpha value is -1.84. The number of benzene rings is 1. The van der Waals surface area contributed by atoms with E-state index in [4.69, 9.17) is 0 Å². The molecule has 0 radical (unpaired) electrons. The first-order valence-electron chi connectivity index (χ1n) is 9.65. The van der Waals surface area contributed by atoms with Gasteiger partial charge < -0.3 is 10.2 Å². The Kier molecular flexibility index (Phi) is 6.15. The number of hydrogen-bond acceptors (Lipinski definition) is 2. The predicted octanol–water partition coefficient (Wildman–Crippen LogP) is 4.14. The van der Waals surface area contributed by atoms with E-state index in [0.717, 1.165) is 18.4 Å². The first-order chi connectivity index (χ1) is 12.0. The van der Waals surface area contributed by atoms with Gasteiger partial charge in [0.2, 0.25) is 5.91 Å². The minimum atomic E-state index is -0.0000309. The van der Waals surface area contributed by atoms with E-state index in [1.54, 1.807) is 0 Å². The lowest BCUT2D eigenvalue weighted by atomic mass is 9.86. The molecule has 1 aromatic rings. The fraction of sp³-hybridized carbons (Fsp3) is 0.636. The molecule has 0 aromatic heterocycles. The third-order valence-corrected chi connectivity index (χ3v) is 4.84. The average Bonchev–Trinajstić information content (AvgIpc) is 2.52. The maximum absolute atomic E-state index is 12.7. The number of piperidine rings is 1. The van der Waals surface area contributed by atoms with Crippen LogP contribution in [0, 0.1) is 5.41 Å². The summed E-state index contributed by atoms with van der Waals surface area (Å²) in [5.74, 6) is 0.199. The number of carbonyl (C=O) groups excluding carboxylic acids is 2. The van der Waals surface area contributed by atoms with Gasteiger partial charge in [-0.1, -0.05) is 53.7 Å². The Labute approximate surface area is 158 Å². The molecule has 4 heteroatoms. The van der Waals surface area contributed by atoms with E-state index in [1.165, 1.54) is 5.56 Å². The van der Waals surface area contributed by atoms with Crippen LogP contribution in [0.25, 0.3) is 0 Å². The van der Waals surface area contributed by atoms with Gasteiger partial charge in [0.1, 0.15) is 0 Å². The van der Waals surface area contributed by atoms with E-state index >= 15 is 0 Å². The fourth-order valence-corrected chi connectivity index (χ4v) is 3.28.